The van der Waals surface area contributed by atoms with Gasteiger partial charge < -0.3 is 5.32 Å². The number of nitrogens with zero attached hydrogens (tertiary/aromatic N) is 2. The molecule has 2 saturated heterocycles. The van der Waals surface area contributed by atoms with Crippen molar-refractivity contribution in [2.24, 2.45) is 5.41 Å². The summed E-state index contributed by atoms with van der Waals surface area (Å²) in [6, 6.07) is 8.38. The average Bonchev–Trinajstić information content (AvgIpc) is 3.23. The molecule has 5 heteroatoms. The Kier molecular flexibility index (Phi) is 4.07. The molecule has 1 N–H and O–H groups in total. The van der Waals surface area contributed by atoms with Crippen LogP contribution >= 0.6 is 27.3 Å². The topological polar surface area (TPSA) is 28.2 Å². The van der Waals surface area contributed by atoms with Gasteiger partial charge in [-0.2, -0.15) is 0 Å². The van der Waals surface area contributed by atoms with E-state index in [9.17, 15) is 0 Å². The van der Waals surface area contributed by atoms with Crippen molar-refractivity contribution in [2.45, 2.75) is 19.4 Å². The molecule has 1 aromatic heterocycles. The zero-order valence-electron chi connectivity index (χ0n) is 12.5. The number of likely N-dealkylation sites (tertiary alicyclic amines) is 1. The Bertz CT molecular complexity index is 663. The maximum Gasteiger partial charge on any atom is 0.123 e. The van der Waals surface area contributed by atoms with E-state index < -0.39 is 0 Å². The van der Waals surface area contributed by atoms with Gasteiger partial charge in [-0.3, -0.25) is 4.90 Å². The standard InChI is InChI=1S/C17H20BrN3S/c18-14-3-1-2-13(8-14)16-20-15(10-22-16)9-21-7-5-17(12-21)4-6-19-11-17/h1-3,8,10,19H,4-7,9,11-12H2. The first-order valence-electron chi connectivity index (χ1n) is 7.86. The predicted molar refractivity (Wildman–Crippen MR) is 95.1 cm³/mol. The van der Waals surface area contributed by atoms with E-state index in [1.54, 1.807) is 11.3 Å². The van der Waals surface area contributed by atoms with Crippen LogP contribution in [-0.4, -0.2) is 36.1 Å². The summed E-state index contributed by atoms with van der Waals surface area (Å²) in [7, 11) is 0. The highest BCUT2D eigenvalue weighted by molar-refractivity contribution is 9.10. The second kappa shape index (κ2) is 6.04. The highest BCUT2D eigenvalue weighted by Gasteiger charge is 2.40. The minimum absolute atomic E-state index is 0.545. The van der Waals surface area contributed by atoms with Crippen LogP contribution in [-0.2, 0) is 6.54 Å². The van der Waals surface area contributed by atoms with Gasteiger partial charge >= 0.3 is 0 Å². The van der Waals surface area contributed by atoms with Gasteiger partial charge in [0.25, 0.3) is 0 Å². The molecule has 3 heterocycles. The van der Waals surface area contributed by atoms with Gasteiger partial charge in [-0.25, -0.2) is 4.98 Å². The zero-order chi connectivity index (χ0) is 15.0. The molecule has 2 aliphatic rings. The van der Waals surface area contributed by atoms with Gasteiger partial charge in [0.05, 0.1) is 5.69 Å². The van der Waals surface area contributed by atoms with Gasteiger partial charge in [-0.05, 0) is 43.5 Å². The molecule has 22 heavy (non-hydrogen) atoms. The molecule has 0 saturated carbocycles. The molecule has 1 atom stereocenters. The molecule has 1 unspecified atom stereocenters. The van der Waals surface area contributed by atoms with E-state index >= 15 is 0 Å². The quantitative estimate of drug-likeness (QED) is 0.882. The fourth-order valence-electron chi connectivity index (χ4n) is 3.67. The maximum atomic E-state index is 4.84. The average molecular weight is 378 g/mol. The van der Waals surface area contributed by atoms with Crippen LogP contribution in [0.25, 0.3) is 10.6 Å². The monoisotopic (exact) mass is 377 g/mol. The first kappa shape index (κ1) is 14.8. The van der Waals surface area contributed by atoms with Crippen molar-refractivity contribution >= 4 is 27.3 Å². The molecule has 116 valence electrons. The summed E-state index contributed by atoms with van der Waals surface area (Å²) >= 11 is 5.28. The fourth-order valence-corrected chi connectivity index (χ4v) is 4.88. The minimum atomic E-state index is 0.545. The van der Waals surface area contributed by atoms with Crippen molar-refractivity contribution in [1.29, 1.82) is 0 Å². The van der Waals surface area contributed by atoms with Gasteiger partial charge in [-0.1, -0.05) is 28.1 Å². The van der Waals surface area contributed by atoms with Crippen molar-refractivity contribution in [2.75, 3.05) is 26.2 Å². The number of hydrogen-bond donors (Lipinski definition) is 1. The lowest BCUT2D eigenvalue weighted by atomic mass is 9.87. The van der Waals surface area contributed by atoms with Crippen LogP contribution in [0.3, 0.4) is 0 Å². The second-order valence-electron chi connectivity index (χ2n) is 6.54. The van der Waals surface area contributed by atoms with E-state index in [0.717, 1.165) is 16.0 Å². The van der Waals surface area contributed by atoms with Crippen LogP contribution in [0, 0.1) is 5.41 Å². The van der Waals surface area contributed by atoms with Gasteiger partial charge in [0.15, 0.2) is 0 Å². The molecule has 2 aromatic rings. The molecule has 4 rings (SSSR count). The molecule has 0 bridgehead atoms. The van der Waals surface area contributed by atoms with Crippen molar-refractivity contribution in [3.05, 3.63) is 39.8 Å². The number of nitrogens with one attached hydrogen (secondary N) is 1. The molecule has 2 aliphatic heterocycles. The Balaban J connectivity index is 1.44. The molecular weight excluding hydrogens is 358 g/mol. The van der Waals surface area contributed by atoms with E-state index in [1.165, 1.54) is 50.3 Å². The van der Waals surface area contributed by atoms with E-state index in [2.05, 4.69) is 55.8 Å². The summed E-state index contributed by atoms with van der Waals surface area (Å²) in [5, 5.41) is 6.86. The normalized spacial score (nSPS) is 25.3. The first-order chi connectivity index (χ1) is 10.7. The molecule has 2 fully saturated rings. The van der Waals surface area contributed by atoms with Crippen molar-refractivity contribution in [1.82, 2.24) is 15.2 Å². The molecule has 1 spiro atoms. The zero-order valence-corrected chi connectivity index (χ0v) is 14.9. The van der Waals surface area contributed by atoms with Crippen LogP contribution < -0.4 is 5.32 Å². The number of thiazole rings is 1. The third-order valence-corrected chi connectivity index (χ3v) is 6.29. The van der Waals surface area contributed by atoms with Crippen molar-refractivity contribution in [3.8, 4) is 10.6 Å². The molecule has 0 radical (unpaired) electrons. The SMILES string of the molecule is Brc1cccc(-c2nc(CN3CCC4(CCNC4)C3)cs2)c1. The van der Waals surface area contributed by atoms with Crippen LogP contribution in [0.2, 0.25) is 0 Å². The summed E-state index contributed by atoms with van der Waals surface area (Å²) in [6.45, 7) is 5.82. The predicted octanol–water partition coefficient (Wildman–Crippen LogP) is 3.76. The van der Waals surface area contributed by atoms with Crippen LogP contribution in [0.1, 0.15) is 18.5 Å². The third kappa shape index (κ3) is 3.00. The fraction of sp³-hybridized carbons (Fsp3) is 0.471. The Morgan fingerprint density at radius 3 is 3.14 bits per heavy atom. The van der Waals surface area contributed by atoms with Gasteiger partial charge in [0, 0.05) is 35.1 Å². The van der Waals surface area contributed by atoms with Gasteiger partial charge in [-0.15, -0.1) is 11.3 Å². The van der Waals surface area contributed by atoms with E-state index in [1.807, 2.05) is 0 Å². The van der Waals surface area contributed by atoms with Crippen LogP contribution in [0.5, 0.6) is 0 Å². The smallest absolute Gasteiger partial charge is 0.123 e. The number of halogens is 1. The molecule has 3 nitrogen and oxygen atoms in total. The summed E-state index contributed by atoms with van der Waals surface area (Å²) < 4.78 is 1.11. The van der Waals surface area contributed by atoms with Gasteiger partial charge in [0.1, 0.15) is 5.01 Å². The molecular formula is C17H20BrN3S. The Morgan fingerprint density at radius 1 is 1.36 bits per heavy atom. The lowest BCUT2D eigenvalue weighted by molar-refractivity contribution is 0.267. The number of aromatic nitrogens is 1. The largest absolute Gasteiger partial charge is 0.316 e. The summed E-state index contributed by atoms with van der Waals surface area (Å²) in [5.41, 5.74) is 2.95. The minimum Gasteiger partial charge on any atom is -0.316 e. The second-order valence-corrected chi connectivity index (χ2v) is 8.32. The molecule has 0 amide bonds. The lowest BCUT2D eigenvalue weighted by Gasteiger charge is -2.22. The Labute approximate surface area is 143 Å². The Hall–Kier alpha value is -0.750. The van der Waals surface area contributed by atoms with E-state index in [-0.39, 0.29) is 0 Å². The number of benzene rings is 1. The van der Waals surface area contributed by atoms with Crippen molar-refractivity contribution in [3.63, 3.8) is 0 Å². The summed E-state index contributed by atoms with van der Waals surface area (Å²) in [4.78, 5) is 7.42. The molecule has 1 aromatic carbocycles. The number of hydrogen-bond acceptors (Lipinski definition) is 4. The highest BCUT2D eigenvalue weighted by Crippen LogP contribution is 2.36. The third-order valence-electron chi connectivity index (χ3n) is 4.86. The van der Waals surface area contributed by atoms with Crippen LogP contribution in [0.15, 0.2) is 34.1 Å². The van der Waals surface area contributed by atoms with E-state index in [4.69, 9.17) is 4.98 Å². The summed E-state index contributed by atoms with van der Waals surface area (Å²) in [6.07, 6.45) is 2.67. The Morgan fingerprint density at radius 2 is 2.32 bits per heavy atom. The number of rotatable bonds is 3. The summed E-state index contributed by atoms with van der Waals surface area (Å²) in [5.74, 6) is 0. The van der Waals surface area contributed by atoms with E-state index in [0.29, 0.717) is 5.41 Å². The van der Waals surface area contributed by atoms with Gasteiger partial charge in [0.2, 0.25) is 0 Å². The lowest BCUT2D eigenvalue weighted by Crippen LogP contribution is -2.29. The first-order valence-corrected chi connectivity index (χ1v) is 9.53. The molecule has 0 aliphatic carbocycles. The maximum absolute atomic E-state index is 4.84. The van der Waals surface area contributed by atoms with Crippen molar-refractivity contribution < 1.29 is 0 Å². The highest BCUT2D eigenvalue weighted by atomic mass is 79.9. The van der Waals surface area contributed by atoms with Crippen LogP contribution in [0.4, 0.5) is 0 Å².